The molecule has 4 heteroatoms. The van der Waals surface area contributed by atoms with Crippen LogP contribution in [0.4, 0.5) is 0 Å². The highest BCUT2D eigenvalue weighted by Crippen LogP contribution is 2.29. The van der Waals surface area contributed by atoms with E-state index in [9.17, 15) is 0 Å². The Kier molecular flexibility index (Phi) is 2.81. The van der Waals surface area contributed by atoms with Gasteiger partial charge in [-0.05, 0) is 30.3 Å². The maximum Gasteiger partial charge on any atom is 0.145 e. The van der Waals surface area contributed by atoms with Crippen LogP contribution in [0.5, 0.6) is 0 Å². The van der Waals surface area contributed by atoms with Crippen LogP contribution < -0.4 is 5.46 Å². The number of rotatable bonds is 2. The Morgan fingerprint density at radius 3 is 2.43 bits per heavy atom. The second kappa shape index (κ2) is 4.81. The maximum absolute atomic E-state index is 5.56. The summed E-state index contributed by atoms with van der Waals surface area (Å²) in [6.45, 7) is 0. The average Bonchev–Trinajstić information content (AvgIpc) is 2.90. The minimum absolute atomic E-state index is 0.975. The number of nitrogens with zero attached hydrogens (tertiary/aromatic N) is 2. The molecule has 0 atom stereocenters. The standard InChI is InChI=1S/C17H11B2N2/c18-19-12-7-9-13(10-8-12)21-16-6-2-1-4-14(16)15-5-3-11-20-17(15)21/h1-11H. The van der Waals surface area contributed by atoms with Gasteiger partial charge in [-0.25, -0.2) is 4.98 Å². The molecule has 0 saturated heterocycles. The summed E-state index contributed by atoms with van der Waals surface area (Å²) in [7, 11) is 7.16. The van der Waals surface area contributed by atoms with E-state index in [4.69, 9.17) is 7.74 Å². The van der Waals surface area contributed by atoms with Crippen molar-refractivity contribution >= 4 is 42.3 Å². The van der Waals surface area contributed by atoms with Crippen molar-refractivity contribution in [3.63, 3.8) is 0 Å². The highest BCUT2D eigenvalue weighted by molar-refractivity contribution is 6.97. The van der Waals surface area contributed by atoms with Gasteiger partial charge in [-0.2, -0.15) is 0 Å². The molecule has 4 aromatic rings. The van der Waals surface area contributed by atoms with Crippen molar-refractivity contribution < 1.29 is 0 Å². The molecule has 3 radical (unpaired) electrons. The Morgan fingerprint density at radius 2 is 1.62 bits per heavy atom. The van der Waals surface area contributed by atoms with E-state index in [-0.39, 0.29) is 0 Å². The molecule has 95 valence electrons. The van der Waals surface area contributed by atoms with Crippen LogP contribution in [0.1, 0.15) is 0 Å². The summed E-state index contributed by atoms with van der Waals surface area (Å²) < 4.78 is 2.19. The average molecular weight is 265 g/mol. The van der Waals surface area contributed by atoms with Gasteiger partial charge in [0.25, 0.3) is 0 Å². The largest absolute Gasteiger partial charge is 0.294 e. The second-order valence-electron chi connectivity index (χ2n) is 4.99. The maximum atomic E-state index is 5.56. The Hall–Kier alpha value is -2.48. The number of hydrogen-bond acceptors (Lipinski definition) is 1. The van der Waals surface area contributed by atoms with E-state index in [2.05, 4.69) is 52.0 Å². The zero-order chi connectivity index (χ0) is 14.2. The van der Waals surface area contributed by atoms with E-state index >= 15 is 0 Å². The Morgan fingerprint density at radius 1 is 0.857 bits per heavy atom. The van der Waals surface area contributed by atoms with Crippen molar-refractivity contribution in [2.75, 3.05) is 0 Å². The van der Waals surface area contributed by atoms with Gasteiger partial charge in [0.1, 0.15) is 5.65 Å². The number of benzene rings is 2. The fourth-order valence-electron chi connectivity index (χ4n) is 2.79. The zero-order valence-corrected chi connectivity index (χ0v) is 11.4. The van der Waals surface area contributed by atoms with Crippen LogP contribution in [-0.2, 0) is 0 Å². The predicted octanol–water partition coefficient (Wildman–Crippen LogP) is 2.59. The van der Waals surface area contributed by atoms with Crippen molar-refractivity contribution in [3.05, 3.63) is 66.9 Å². The monoisotopic (exact) mass is 265 g/mol. The van der Waals surface area contributed by atoms with Crippen LogP contribution >= 0.6 is 0 Å². The molecule has 0 unspecified atom stereocenters. The topological polar surface area (TPSA) is 17.8 Å². The normalized spacial score (nSPS) is 11.0. The molecule has 2 aromatic heterocycles. The molecule has 2 aromatic carbocycles. The van der Waals surface area contributed by atoms with E-state index in [1.807, 2.05) is 24.4 Å². The van der Waals surface area contributed by atoms with E-state index in [0.29, 0.717) is 0 Å². The highest BCUT2D eigenvalue weighted by Gasteiger charge is 2.11. The molecule has 0 fully saturated rings. The lowest BCUT2D eigenvalue weighted by atomic mass is 9.51. The Bertz CT molecular complexity index is 873. The number of hydrogen-bond donors (Lipinski definition) is 0. The smallest absolute Gasteiger partial charge is 0.145 e. The molecule has 0 aliphatic carbocycles. The first-order valence-corrected chi connectivity index (χ1v) is 6.88. The van der Waals surface area contributed by atoms with Gasteiger partial charge in [0.15, 0.2) is 0 Å². The molecule has 0 bridgehead atoms. The van der Waals surface area contributed by atoms with Crippen LogP contribution in [0.3, 0.4) is 0 Å². The number of aromatic nitrogens is 2. The lowest BCUT2D eigenvalue weighted by Crippen LogP contribution is -2.13. The first kappa shape index (κ1) is 12.3. The number of para-hydroxylation sites is 1. The van der Waals surface area contributed by atoms with Gasteiger partial charge in [-0.15, -0.1) is 0 Å². The minimum Gasteiger partial charge on any atom is -0.294 e. The first-order chi connectivity index (χ1) is 10.4. The Labute approximate surface area is 125 Å². The molecule has 2 nitrogen and oxygen atoms in total. The third-order valence-corrected chi connectivity index (χ3v) is 3.78. The third-order valence-electron chi connectivity index (χ3n) is 3.78. The van der Waals surface area contributed by atoms with Crippen molar-refractivity contribution in [2.45, 2.75) is 0 Å². The van der Waals surface area contributed by atoms with Gasteiger partial charge < -0.3 is 0 Å². The molecule has 4 rings (SSSR count). The molecule has 0 N–H and O–H groups in total. The first-order valence-electron chi connectivity index (χ1n) is 6.88. The summed E-state index contributed by atoms with van der Waals surface area (Å²) in [6, 6.07) is 20.6. The quantitative estimate of drug-likeness (QED) is 0.509. The minimum atomic E-state index is 0.975. The number of fused-ring (bicyclic) bond motifs is 3. The van der Waals surface area contributed by atoms with Crippen molar-refractivity contribution in [1.29, 1.82) is 0 Å². The zero-order valence-electron chi connectivity index (χ0n) is 11.4. The lowest BCUT2D eigenvalue weighted by Gasteiger charge is -2.07. The molecule has 0 aliphatic heterocycles. The second-order valence-corrected chi connectivity index (χ2v) is 4.99. The van der Waals surface area contributed by atoms with Gasteiger partial charge in [-0.3, -0.25) is 4.57 Å². The molecular formula is C17H11B2N2. The van der Waals surface area contributed by atoms with E-state index in [1.165, 1.54) is 10.8 Å². The Balaban J connectivity index is 2.09. The van der Waals surface area contributed by atoms with Crippen molar-refractivity contribution in [3.8, 4) is 5.69 Å². The fraction of sp³-hybridized carbons (Fsp3) is 0. The molecule has 2 heterocycles. The van der Waals surface area contributed by atoms with Gasteiger partial charge in [0.05, 0.1) is 12.7 Å². The van der Waals surface area contributed by atoms with Crippen LogP contribution in [0.25, 0.3) is 27.6 Å². The van der Waals surface area contributed by atoms with Gasteiger partial charge in [0, 0.05) is 30.4 Å². The lowest BCUT2D eigenvalue weighted by molar-refractivity contribution is 1.14. The SMILES string of the molecule is [B][B]c1ccc(-n2c3ccccc3c3cccnc32)cc1. The van der Waals surface area contributed by atoms with Crippen LogP contribution in [0.2, 0.25) is 0 Å². The van der Waals surface area contributed by atoms with E-state index < -0.39 is 0 Å². The highest BCUT2D eigenvalue weighted by atomic mass is 15.0. The molecular weight excluding hydrogens is 254 g/mol. The summed E-state index contributed by atoms with van der Waals surface area (Å²) in [4.78, 5) is 4.57. The molecule has 0 spiro atoms. The van der Waals surface area contributed by atoms with Crippen LogP contribution in [0, 0.1) is 0 Å². The predicted molar refractivity (Wildman–Crippen MR) is 89.7 cm³/mol. The van der Waals surface area contributed by atoms with Gasteiger partial charge in [0.2, 0.25) is 0 Å². The molecule has 0 aliphatic rings. The van der Waals surface area contributed by atoms with Crippen LogP contribution in [0.15, 0.2) is 66.9 Å². The van der Waals surface area contributed by atoms with Crippen molar-refractivity contribution in [1.82, 2.24) is 9.55 Å². The molecule has 21 heavy (non-hydrogen) atoms. The van der Waals surface area contributed by atoms with Crippen LogP contribution in [-0.4, -0.2) is 24.5 Å². The van der Waals surface area contributed by atoms with E-state index in [0.717, 1.165) is 22.3 Å². The molecule has 0 amide bonds. The summed E-state index contributed by atoms with van der Waals surface area (Å²) in [5.74, 6) is 0. The van der Waals surface area contributed by atoms with Crippen molar-refractivity contribution in [2.24, 2.45) is 0 Å². The third kappa shape index (κ3) is 1.87. The van der Waals surface area contributed by atoms with Gasteiger partial charge in [-0.1, -0.05) is 35.8 Å². The number of pyridine rings is 1. The fourth-order valence-corrected chi connectivity index (χ4v) is 2.79. The molecule has 0 saturated carbocycles. The summed E-state index contributed by atoms with van der Waals surface area (Å²) >= 11 is 0. The summed E-state index contributed by atoms with van der Waals surface area (Å²) in [5, 5.41) is 2.39. The van der Waals surface area contributed by atoms with E-state index in [1.54, 1.807) is 7.17 Å². The summed E-state index contributed by atoms with van der Waals surface area (Å²) in [6.07, 6.45) is 1.83. The summed E-state index contributed by atoms with van der Waals surface area (Å²) in [5.41, 5.74) is 4.23. The van der Waals surface area contributed by atoms with Gasteiger partial charge >= 0.3 is 0 Å².